The Kier molecular flexibility index (Phi) is 4.62. The van der Waals surface area contributed by atoms with Gasteiger partial charge in [-0.05, 0) is 12.0 Å². The number of para-hydroxylation sites is 1. The van der Waals surface area contributed by atoms with Crippen molar-refractivity contribution in [2.24, 2.45) is 5.92 Å². The second-order valence-corrected chi connectivity index (χ2v) is 3.98. The molecule has 0 radical (unpaired) electrons. The van der Waals surface area contributed by atoms with Gasteiger partial charge >= 0.3 is 0 Å². The van der Waals surface area contributed by atoms with E-state index in [0.717, 1.165) is 18.4 Å². The zero-order valence-electron chi connectivity index (χ0n) is 10.2. The first-order valence-corrected chi connectivity index (χ1v) is 5.76. The van der Waals surface area contributed by atoms with Crippen LogP contribution in [0.15, 0.2) is 18.2 Å². The summed E-state index contributed by atoms with van der Waals surface area (Å²) < 4.78 is 5.15. The summed E-state index contributed by atoms with van der Waals surface area (Å²) in [5.41, 5.74) is 7.27. The molecule has 0 spiro atoms. The summed E-state index contributed by atoms with van der Waals surface area (Å²) in [7, 11) is 1.58. The number of hydrogen-bond acceptors (Lipinski definition) is 3. The highest BCUT2D eigenvalue weighted by Gasteiger charge is 2.20. The van der Waals surface area contributed by atoms with E-state index < -0.39 is 6.10 Å². The Morgan fingerprint density at radius 1 is 1.31 bits per heavy atom. The molecule has 1 atom stereocenters. The fourth-order valence-corrected chi connectivity index (χ4v) is 1.99. The van der Waals surface area contributed by atoms with E-state index in [1.54, 1.807) is 13.2 Å². The average molecular weight is 223 g/mol. The Hall–Kier alpha value is -1.22. The summed E-state index contributed by atoms with van der Waals surface area (Å²) in [6.45, 7) is 4.15. The number of aliphatic hydroxyl groups is 1. The molecule has 0 fully saturated rings. The highest BCUT2D eigenvalue weighted by molar-refractivity contribution is 5.59. The van der Waals surface area contributed by atoms with Gasteiger partial charge in [-0.25, -0.2) is 0 Å². The van der Waals surface area contributed by atoms with Crippen molar-refractivity contribution in [3.05, 3.63) is 23.8 Å². The second kappa shape index (κ2) is 5.75. The summed E-state index contributed by atoms with van der Waals surface area (Å²) in [4.78, 5) is 0. The van der Waals surface area contributed by atoms with Crippen LogP contribution in [0.5, 0.6) is 5.75 Å². The number of rotatable bonds is 5. The van der Waals surface area contributed by atoms with Crippen LogP contribution >= 0.6 is 0 Å². The molecule has 3 N–H and O–H groups in total. The minimum absolute atomic E-state index is 0.245. The molecule has 3 heteroatoms. The molecular weight excluding hydrogens is 202 g/mol. The van der Waals surface area contributed by atoms with Crippen LogP contribution in [0.4, 0.5) is 5.69 Å². The molecular formula is C13H21NO2. The first-order valence-electron chi connectivity index (χ1n) is 5.76. The predicted octanol–water partition coefficient (Wildman–Crippen LogP) is 2.75. The SMILES string of the molecule is CCC(CC)C(O)c1cccc(OC)c1N. The van der Waals surface area contributed by atoms with Gasteiger partial charge in [-0.1, -0.05) is 38.8 Å². The van der Waals surface area contributed by atoms with Crippen molar-refractivity contribution in [1.29, 1.82) is 0 Å². The molecule has 0 bridgehead atoms. The van der Waals surface area contributed by atoms with Gasteiger partial charge in [-0.2, -0.15) is 0 Å². The summed E-state index contributed by atoms with van der Waals surface area (Å²) in [6, 6.07) is 5.52. The minimum Gasteiger partial charge on any atom is -0.495 e. The lowest BCUT2D eigenvalue weighted by Crippen LogP contribution is -2.13. The van der Waals surface area contributed by atoms with Crippen molar-refractivity contribution in [3.63, 3.8) is 0 Å². The molecule has 0 aliphatic rings. The molecule has 1 rings (SSSR count). The molecule has 16 heavy (non-hydrogen) atoms. The quantitative estimate of drug-likeness (QED) is 0.755. The first kappa shape index (κ1) is 12.8. The second-order valence-electron chi connectivity index (χ2n) is 3.98. The molecule has 0 saturated carbocycles. The molecule has 1 unspecified atom stereocenters. The minimum atomic E-state index is -0.509. The third kappa shape index (κ3) is 2.47. The van der Waals surface area contributed by atoms with Crippen LogP contribution in [-0.4, -0.2) is 12.2 Å². The van der Waals surface area contributed by atoms with Crippen LogP contribution in [-0.2, 0) is 0 Å². The predicted molar refractivity (Wildman–Crippen MR) is 66.4 cm³/mol. The molecule has 1 aromatic carbocycles. The Morgan fingerprint density at radius 3 is 2.44 bits per heavy atom. The number of anilines is 1. The van der Waals surface area contributed by atoms with E-state index in [4.69, 9.17) is 10.5 Å². The molecule has 0 aliphatic heterocycles. The number of ether oxygens (including phenoxy) is 1. The largest absolute Gasteiger partial charge is 0.495 e. The Bertz CT molecular complexity index is 335. The molecule has 0 heterocycles. The maximum absolute atomic E-state index is 10.2. The molecule has 3 nitrogen and oxygen atoms in total. The van der Waals surface area contributed by atoms with E-state index in [9.17, 15) is 5.11 Å². The summed E-state index contributed by atoms with van der Waals surface area (Å²) in [6.07, 6.45) is 1.37. The van der Waals surface area contributed by atoms with Crippen LogP contribution in [0.3, 0.4) is 0 Å². The Morgan fingerprint density at radius 2 is 1.94 bits per heavy atom. The normalized spacial score (nSPS) is 12.8. The highest BCUT2D eigenvalue weighted by Crippen LogP contribution is 2.35. The van der Waals surface area contributed by atoms with Crippen LogP contribution in [0.1, 0.15) is 38.4 Å². The van der Waals surface area contributed by atoms with Crippen molar-refractivity contribution in [2.45, 2.75) is 32.8 Å². The number of aliphatic hydroxyl groups excluding tert-OH is 1. The van der Waals surface area contributed by atoms with Gasteiger partial charge in [-0.15, -0.1) is 0 Å². The molecule has 1 aromatic rings. The lowest BCUT2D eigenvalue weighted by atomic mass is 9.90. The number of nitrogen functional groups attached to an aromatic ring is 1. The third-order valence-electron chi connectivity index (χ3n) is 3.13. The summed E-state index contributed by atoms with van der Waals surface area (Å²) in [5, 5.41) is 10.2. The fourth-order valence-electron chi connectivity index (χ4n) is 1.99. The number of methoxy groups -OCH3 is 1. The highest BCUT2D eigenvalue weighted by atomic mass is 16.5. The van der Waals surface area contributed by atoms with E-state index >= 15 is 0 Å². The standard InChI is InChI=1S/C13H21NO2/c1-4-9(5-2)13(15)10-7-6-8-11(16-3)12(10)14/h6-9,13,15H,4-5,14H2,1-3H3. The van der Waals surface area contributed by atoms with E-state index in [0.29, 0.717) is 11.4 Å². The van der Waals surface area contributed by atoms with Gasteiger partial charge < -0.3 is 15.6 Å². The Balaban J connectivity index is 3.03. The zero-order chi connectivity index (χ0) is 12.1. The molecule has 0 aliphatic carbocycles. The lowest BCUT2D eigenvalue weighted by Gasteiger charge is -2.22. The van der Waals surface area contributed by atoms with Crippen molar-refractivity contribution in [2.75, 3.05) is 12.8 Å². The molecule has 0 saturated heterocycles. The van der Waals surface area contributed by atoms with Gasteiger partial charge in [0.15, 0.2) is 0 Å². The smallest absolute Gasteiger partial charge is 0.142 e. The number of nitrogens with two attached hydrogens (primary N) is 1. The van der Waals surface area contributed by atoms with Crippen molar-refractivity contribution >= 4 is 5.69 Å². The van der Waals surface area contributed by atoms with E-state index in [-0.39, 0.29) is 5.92 Å². The topological polar surface area (TPSA) is 55.5 Å². The van der Waals surface area contributed by atoms with E-state index in [1.165, 1.54) is 0 Å². The maximum Gasteiger partial charge on any atom is 0.142 e. The van der Waals surface area contributed by atoms with Gasteiger partial charge in [-0.3, -0.25) is 0 Å². The molecule has 0 aromatic heterocycles. The van der Waals surface area contributed by atoms with Crippen molar-refractivity contribution in [3.8, 4) is 5.75 Å². The van der Waals surface area contributed by atoms with Gasteiger partial charge in [0.2, 0.25) is 0 Å². The monoisotopic (exact) mass is 223 g/mol. The summed E-state index contributed by atoms with van der Waals surface area (Å²) in [5.74, 6) is 0.872. The van der Waals surface area contributed by atoms with Crippen LogP contribution < -0.4 is 10.5 Å². The molecule has 0 amide bonds. The zero-order valence-corrected chi connectivity index (χ0v) is 10.2. The summed E-state index contributed by atoms with van der Waals surface area (Å²) >= 11 is 0. The lowest BCUT2D eigenvalue weighted by molar-refractivity contribution is 0.104. The van der Waals surface area contributed by atoms with Crippen LogP contribution in [0, 0.1) is 5.92 Å². The number of hydrogen-bond donors (Lipinski definition) is 2. The fraction of sp³-hybridized carbons (Fsp3) is 0.538. The maximum atomic E-state index is 10.2. The first-order chi connectivity index (χ1) is 7.65. The average Bonchev–Trinajstić information content (AvgIpc) is 2.30. The van der Waals surface area contributed by atoms with E-state index in [1.807, 2.05) is 12.1 Å². The van der Waals surface area contributed by atoms with Gasteiger partial charge in [0.25, 0.3) is 0 Å². The van der Waals surface area contributed by atoms with Gasteiger partial charge in [0.05, 0.1) is 18.9 Å². The molecule has 90 valence electrons. The van der Waals surface area contributed by atoms with E-state index in [2.05, 4.69) is 13.8 Å². The van der Waals surface area contributed by atoms with Gasteiger partial charge in [0, 0.05) is 5.56 Å². The van der Waals surface area contributed by atoms with Crippen molar-refractivity contribution < 1.29 is 9.84 Å². The van der Waals surface area contributed by atoms with Crippen molar-refractivity contribution in [1.82, 2.24) is 0 Å². The third-order valence-corrected chi connectivity index (χ3v) is 3.13. The van der Waals surface area contributed by atoms with Gasteiger partial charge in [0.1, 0.15) is 5.75 Å². The van der Waals surface area contributed by atoms with Crippen LogP contribution in [0.2, 0.25) is 0 Å². The Labute approximate surface area is 97.2 Å². The van der Waals surface area contributed by atoms with Crippen LogP contribution in [0.25, 0.3) is 0 Å². The number of benzene rings is 1.